The van der Waals surface area contributed by atoms with Gasteiger partial charge in [0.1, 0.15) is 17.1 Å². The highest BCUT2D eigenvalue weighted by atomic mass is 35.5. The first-order valence-corrected chi connectivity index (χ1v) is 12.5. The van der Waals surface area contributed by atoms with Gasteiger partial charge in [-0.25, -0.2) is 4.79 Å². The summed E-state index contributed by atoms with van der Waals surface area (Å²) in [7, 11) is 0. The van der Waals surface area contributed by atoms with Crippen LogP contribution in [0, 0.1) is 5.92 Å². The summed E-state index contributed by atoms with van der Waals surface area (Å²) in [6, 6.07) is 11.8. The molecule has 2 aromatic rings. The van der Waals surface area contributed by atoms with E-state index in [0.29, 0.717) is 13.1 Å². The maximum absolute atomic E-state index is 11.9. The molecule has 192 valence electrons. The van der Waals surface area contributed by atoms with E-state index in [1.807, 2.05) is 26.8 Å². The standard InChI is InChI=1S/C14H19NO3.C14H19NO.ClH/c1-14(2,3)18-13(17)15-7-6-10-8-12(16)5-4-11(10)9-15;1-2-11(1)6-8-16-14-4-3-13-10-15-7-5-12(13)9-14;/h4-5,8,16H,6-7,9H2,1-3H3;3-4,9,11,15H,1-2,5-8,10H2;1H. The van der Waals surface area contributed by atoms with Gasteiger partial charge in [0.25, 0.3) is 0 Å². The van der Waals surface area contributed by atoms with E-state index >= 15 is 0 Å². The molecular weight excluding hydrogens is 464 g/mol. The number of carbonyl (C=O) groups excluding carboxylic acids is 1. The predicted molar refractivity (Wildman–Crippen MR) is 140 cm³/mol. The van der Waals surface area contributed by atoms with Crippen LogP contribution in [0.5, 0.6) is 11.5 Å². The molecule has 2 N–H and O–H groups in total. The van der Waals surface area contributed by atoms with Crippen LogP contribution in [0.15, 0.2) is 36.4 Å². The number of nitrogens with one attached hydrogen (secondary N) is 1. The van der Waals surface area contributed by atoms with E-state index in [1.54, 1.807) is 17.0 Å². The lowest BCUT2D eigenvalue weighted by Crippen LogP contribution is -2.39. The topological polar surface area (TPSA) is 71.0 Å². The summed E-state index contributed by atoms with van der Waals surface area (Å²) in [5, 5.41) is 12.8. The number of rotatable bonds is 4. The second kappa shape index (κ2) is 12.0. The van der Waals surface area contributed by atoms with Crippen molar-refractivity contribution in [3.05, 3.63) is 58.7 Å². The van der Waals surface area contributed by atoms with Crippen LogP contribution in [0.4, 0.5) is 4.79 Å². The van der Waals surface area contributed by atoms with E-state index in [9.17, 15) is 9.90 Å². The molecule has 1 amide bonds. The quantitative estimate of drug-likeness (QED) is 0.568. The van der Waals surface area contributed by atoms with Gasteiger partial charge in [0, 0.05) is 19.6 Å². The number of phenols is 1. The van der Waals surface area contributed by atoms with Crippen molar-refractivity contribution in [3.8, 4) is 11.5 Å². The molecule has 0 spiro atoms. The summed E-state index contributed by atoms with van der Waals surface area (Å²) in [5.41, 5.74) is 4.61. The lowest BCUT2D eigenvalue weighted by atomic mass is 10.00. The van der Waals surface area contributed by atoms with E-state index in [2.05, 4.69) is 23.5 Å². The summed E-state index contributed by atoms with van der Waals surface area (Å²) in [4.78, 5) is 13.6. The van der Waals surface area contributed by atoms with Crippen LogP contribution >= 0.6 is 12.4 Å². The number of nitrogens with zero attached hydrogens (tertiary/aromatic N) is 1. The number of amides is 1. The van der Waals surface area contributed by atoms with Crippen LogP contribution in [0.1, 0.15) is 62.3 Å². The summed E-state index contributed by atoms with van der Waals surface area (Å²) < 4.78 is 11.2. The number of phenolic OH excluding ortho intramolecular Hbond substituents is 1. The van der Waals surface area contributed by atoms with Crippen molar-refractivity contribution in [1.82, 2.24) is 10.2 Å². The third kappa shape index (κ3) is 8.32. The fourth-order valence-electron chi connectivity index (χ4n) is 4.32. The van der Waals surface area contributed by atoms with E-state index in [0.717, 1.165) is 55.3 Å². The van der Waals surface area contributed by atoms with Crippen molar-refractivity contribution in [2.45, 2.75) is 71.6 Å². The first-order chi connectivity index (χ1) is 16.3. The Labute approximate surface area is 215 Å². The number of carbonyl (C=O) groups is 1. The van der Waals surface area contributed by atoms with Crippen molar-refractivity contribution in [2.24, 2.45) is 5.92 Å². The number of hydrogen-bond acceptors (Lipinski definition) is 5. The highest BCUT2D eigenvalue weighted by molar-refractivity contribution is 5.85. The Morgan fingerprint density at radius 2 is 1.80 bits per heavy atom. The highest BCUT2D eigenvalue weighted by Crippen LogP contribution is 2.32. The van der Waals surface area contributed by atoms with Gasteiger partial charge < -0.3 is 24.8 Å². The molecule has 0 radical (unpaired) electrons. The molecule has 0 bridgehead atoms. The van der Waals surface area contributed by atoms with Gasteiger partial charge in [0.05, 0.1) is 6.61 Å². The molecule has 0 atom stereocenters. The summed E-state index contributed by atoms with van der Waals surface area (Å²) >= 11 is 0. The van der Waals surface area contributed by atoms with Gasteiger partial charge in [-0.2, -0.15) is 0 Å². The number of ether oxygens (including phenoxy) is 2. The average molecular weight is 503 g/mol. The van der Waals surface area contributed by atoms with Crippen molar-refractivity contribution < 1.29 is 19.4 Å². The zero-order valence-electron chi connectivity index (χ0n) is 21.1. The first kappa shape index (κ1) is 27.2. The fraction of sp³-hybridized carbons (Fsp3) is 0.536. The molecule has 2 aromatic carbocycles. The van der Waals surface area contributed by atoms with Crippen molar-refractivity contribution in [3.63, 3.8) is 0 Å². The third-order valence-electron chi connectivity index (χ3n) is 6.41. The molecule has 3 aliphatic rings. The van der Waals surface area contributed by atoms with Gasteiger partial charge >= 0.3 is 6.09 Å². The number of aromatic hydroxyl groups is 1. The number of benzene rings is 2. The predicted octanol–water partition coefficient (Wildman–Crippen LogP) is 5.62. The van der Waals surface area contributed by atoms with E-state index in [1.165, 1.54) is 30.4 Å². The minimum Gasteiger partial charge on any atom is -0.508 e. The van der Waals surface area contributed by atoms with Gasteiger partial charge in [-0.3, -0.25) is 0 Å². The van der Waals surface area contributed by atoms with Gasteiger partial charge in [0.15, 0.2) is 0 Å². The Morgan fingerprint density at radius 3 is 2.54 bits per heavy atom. The Balaban J connectivity index is 0.000000191. The maximum atomic E-state index is 11.9. The van der Waals surface area contributed by atoms with Gasteiger partial charge in [-0.1, -0.05) is 25.0 Å². The Hall–Kier alpha value is -2.44. The fourth-order valence-corrected chi connectivity index (χ4v) is 4.32. The zero-order chi connectivity index (χ0) is 24.1. The lowest BCUT2D eigenvalue weighted by molar-refractivity contribution is 0.0224. The van der Waals surface area contributed by atoms with Crippen molar-refractivity contribution >= 4 is 18.5 Å². The molecule has 1 fully saturated rings. The maximum Gasteiger partial charge on any atom is 0.410 e. The largest absolute Gasteiger partial charge is 0.508 e. The molecule has 7 heteroatoms. The molecule has 6 nitrogen and oxygen atoms in total. The normalized spacial score (nSPS) is 16.6. The van der Waals surface area contributed by atoms with E-state index in [-0.39, 0.29) is 24.2 Å². The molecule has 2 aliphatic heterocycles. The lowest BCUT2D eigenvalue weighted by Gasteiger charge is -2.31. The van der Waals surface area contributed by atoms with Crippen molar-refractivity contribution in [1.29, 1.82) is 0 Å². The van der Waals surface area contributed by atoms with E-state index in [4.69, 9.17) is 9.47 Å². The molecule has 1 saturated carbocycles. The smallest absolute Gasteiger partial charge is 0.410 e. The minimum absolute atomic E-state index is 0. The average Bonchev–Trinajstić information content (AvgIpc) is 3.62. The second-order valence-corrected chi connectivity index (χ2v) is 10.5. The molecule has 0 saturated heterocycles. The van der Waals surface area contributed by atoms with Gasteiger partial charge in [0.2, 0.25) is 0 Å². The SMILES string of the molecule is CC(C)(C)OC(=O)N1CCc2cc(O)ccc2C1.Cl.c1cc2c(cc1OCCC1CC1)CCNC2. The van der Waals surface area contributed by atoms with Gasteiger partial charge in [-0.15, -0.1) is 12.4 Å². The van der Waals surface area contributed by atoms with E-state index < -0.39 is 5.60 Å². The Bertz CT molecular complexity index is 1000. The van der Waals surface area contributed by atoms with Gasteiger partial charge in [-0.05, 0) is 99.0 Å². The Morgan fingerprint density at radius 1 is 1.06 bits per heavy atom. The number of fused-ring (bicyclic) bond motifs is 2. The molecule has 1 aliphatic carbocycles. The molecule has 0 unspecified atom stereocenters. The van der Waals surface area contributed by atoms with Crippen LogP contribution in [-0.4, -0.2) is 41.4 Å². The number of halogens is 1. The molecule has 5 rings (SSSR count). The van der Waals surface area contributed by atoms with Crippen LogP contribution in [0.3, 0.4) is 0 Å². The monoisotopic (exact) mass is 502 g/mol. The minimum atomic E-state index is -0.466. The Kier molecular flexibility index (Phi) is 9.31. The van der Waals surface area contributed by atoms with Crippen LogP contribution in [-0.2, 0) is 30.7 Å². The summed E-state index contributed by atoms with van der Waals surface area (Å²) in [6.45, 7) is 9.76. The van der Waals surface area contributed by atoms with Crippen LogP contribution in [0.25, 0.3) is 0 Å². The summed E-state index contributed by atoms with van der Waals surface area (Å²) in [6.07, 6.45) is 5.68. The van der Waals surface area contributed by atoms with Crippen LogP contribution in [0.2, 0.25) is 0 Å². The van der Waals surface area contributed by atoms with Crippen LogP contribution < -0.4 is 10.1 Å². The number of hydrogen-bond donors (Lipinski definition) is 2. The zero-order valence-corrected chi connectivity index (χ0v) is 22.0. The third-order valence-corrected chi connectivity index (χ3v) is 6.41. The molecule has 35 heavy (non-hydrogen) atoms. The highest BCUT2D eigenvalue weighted by Gasteiger charge is 2.25. The van der Waals surface area contributed by atoms with Crippen molar-refractivity contribution in [2.75, 3.05) is 19.7 Å². The molecule has 0 aromatic heterocycles. The second-order valence-electron chi connectivity index (χ2n) is 10.5. The first-order valence-electron chi connectivity index (χ1n) is 12.5. The molecule has 2 heterocycles. The molecular formula is C28H39ClN2O4. The summed E-state index contributed by atoms with van der Waals surface area (Å²) in [5.74, 6) is 2.29.